The predicted octanol–water partition coefficient (Wildman–Crippen LogP) is 2.65. The summed E-state index contributed by atoms with van der Waals surface area (Å²) in [6.45, 7) is 1.15. The van der Waals surface area contributed by atoms with Gasteiger partial charge < -0.3 is 15.2 Å². The van der Waals surface area contributed by atoms with E-state index in [1.165, 1.54) is 6.07 Å². The lowest BCUT2D eigenvalue weighted by Gasteiger charge is -2.10. The maximum atomic E-state index is 11.8. The summed E-state index contributed by atoms with van der Waals surface area (Å²) in [5.41, 5.74) is 6.39. The molecule has 0 aliphatic carbocycles. The number of esters is 1. The van der Waals surface area contributed by atoms with E-state index in [4.69, 9.17) is 26.8 Å². The lowest BCUT2D eigenvalue weighted by Crippen LogP contribution is -2.14. The van der Waals surface area contributed by atoms with Crippen LogP contribution < -0.4 is 5.73 Å². The van der Waals surface area contributed by atoms with E-state index in [0.29, 0.717) is 22.9 Å². The maximum Gasteiger partial charge on any atom is 0.340 e. The lowest BCUT2D eigenvalue weighted by atomic mass is 10.2. The van der Waals surface area contributed by atoms with Crippen LogP contribution in [0.2, 0.25) is 5.02 Å². The van der Waals surface area contributed by atoms with Gasteiger partial charge in [-0.2, -0.15) is 0 Å². The first kappa shape index (κ1) is 13.2. The topological polar surface area (TPSA) is 61.6 Å². The highest BCUT2D eigenvalue weighted by atomic mass is 35.5. The molecule has 1 aliphatic heterocycles. The molecule has 4 nitrogen and oxygen atoms in total. The largest absolute Gasteiger partial charge is 0.462 e. The van der Waals surface area contributed by atoms with Crippen molar-refractivity contribution in [2.45, 2.75) is 25.4 Å². The zero-order valence-corrected chi connectivity index (χ0v) is 10.8. The Hall–Kier alpha value is -1.26. The molecule has 0 spiro atoms. The van der Waals surface area contributed by atoms with Gasteiger partial charge in [0.25, 0.3) is 0 Å². The van der Waals surface area contributed by atoms with E-state index in [2.05, 4.69) is 0 Å². The molecule has 0 bridgehead atoms. The van der Waals surface area contributed by atoms with Crippen LogP contribution in [0.3, 0.4) is 0 Å². The van der Waals surface area contributed by atoms with Crippen LogP contribution in [0.1, 0.15) is 29.6 Å². The second kappa shape index (κ2) is 6.07. The first-order chi connectivity index (χ1) is 8.66. The van der Waals surface area contributed by atoms with Crippen LogP contribution >= 0.6 is 11.6 Å². The normalized spacial score (nSPS) is 18.8. The van der Waals surface area contributed by atoms with Gasteiger partial charge in [-0.25, -0.2) is 4.79 Å². The number of halogens is 1. The Balaban J connectivity index is 1.85. The van der Waals surface area contributed by atoms with E-state index >= 15 is 0 Å². The third-order valence-electron chi connectivity index (χ3n) is 2.93. The molecule has 0 saturated carbocycles. The lowest BCUT2D eigenvalue weighted by molar-refractivity contribution is 0.0387. The first-order valence-electron chi connectivity index (χ1n) is 6.00. The van der Waals surface area contributed by atoms with Crippen LogP contribution in [0.4, 0.5) is 5.69 Å². The monoisotopic (exact) mass is 269 g/mol. The molecule has 1 aromatic carbocycles. The first-order valence-corrected chi connectivity index (χ1v) is 6.38. The van der Waals surface area contributed by atoms with Crippen LogP contribution in [0, 0.1) is 0 Å². The molecule has 0 radical (unpaired) electrons. The molecule has 5 heteroatoms. The van der Waals surface area contributed by atoms with Crippen molar-refractivity contribution in [3.63, 3.8) is 0 Å². The zero-order chi connectivity index (χ0) is 13.0. The number of ether oxygens (including phenoxy) is 2. The number of hydrogen-bond donors (Lipinski definition) is 1. The van der Waals surface area contributed by atoms with Gasteiger partial charge in [0, 0.05) is 23.7 Å². The fourth-order valence-electron chi connectivity index (χ4n) is 1.94. The zero-order valence-electron chi connectivity index (χ0n) is 10.0. The minimum absolute atomic E-state index is 0.217. The van der Waals surface area contributed by atoms with Gasteiger partial charge in [-0.05, 0) is 31.0 Å². The van der Waals surface area contributed by atoms with E-state index in [9.17, 15) is 4.79 Å². The summed E-state index contributed by atoms with van der Waals surface area (Å²) >= 11 is 5.82. The van der Waals surface area contributed by atoms with Gasteiger partial charge in [0.15, 0.2) is 0 Å². The molecule has 2 rings (SSSR count). The molecular weight excluding hydrogens is 254 g/mol. The highest BCUT2D eigenvalue weighted by molar-refractivity contribution is 6.31. The highest BCUT2D eigenvalue weighted by Crippen LogP contribution is 2.19. The number of carbonyl (C=O) groups excluding carboxylic acids is 1. The summed E-state index contributed by atoms with van der Waals surface area (Å²) in [4.78, 5) is 11.8. The number of benzene rings is 1. The van der Waals surface area contributed by atoms with Crippen molar-refractivity contribution in [2.24, 2.45) is 0 Å². The Morgan fingerprint density at radius 2 is 2.39 bits per heavy atom. The molecule has 1 heterocycles. The molecule has 0 amide bonds. The van der Waals surface area contributed by atoms with E-state index in [1.807, 2.05) is 0 Å². The average Bonchev–Trinajstić information content (AvgIpc) is 2.85. The quantitative estimate of drug-likeness (QED) is 0.674. The van der Waals surface area contributed by atoms with Gasteiger partial charge in [0.05, 0.1) is 18.3 Å². The highest BCUT2D eigenvalue weighted by Gasteiger charge is 2.17. The van der Waals surface area contributed by atoms with Crippen LogP contribution in [0.15, 0.2) is 18.2 Å². The second-order valence-corrected chi connectivity index (χ2v) is 4.73. The van der Waals surface area contributed by atoms with E-state index in [0.717, 1.165) is 25.9 Å². The molecule has 0 aromatic heterocycles. The van der Waals surface area contributed by atoms with Crippen LogP contribution in [0.25, 0.3) is 0 Å². The van der Waals surface area contributed by atoms with Crippen LogP contribution in [-0.2, 0) is 9.47 Å². The van der Waals surface area contributed by atoms with Crippen molar-refractivity contribution < 1.29 is 14.3 Å². The summed E-state index contributed by atoms with van der Waals surface area (Å²) in [5, 5.41) is 0.468. The van der Waals surface area contributed by atoms with Gasteiger partial charge in [-0.15, -0.1) is 0 Å². The summed E-state index contributed by atoms with van der Waals surface area (Å²) in [7, 11) is 0. The Bertz CT molecular complexity index is 430. The standard InChI is InChI=1S/C13H16ClNO3/c14-9-3-4-12(15)11(8-9)13(16)18-7-5-10-2-1-6-17-10/h3-4,8,10H,1-2,5-7,15H2. The van der Waals surface area contributed by atoms with Crippen LogP contribution in [0.5, 0.6) is 0 Å². The van der Waals surface area contributed by atoms with Crippen molar-refractivity contribution >= 4 is 23.3 Å². The number of anilines is 1. The molecule has 1 aliphatic rings. The molecule has 98 valence electrons. The van der Waals surface area contributed by atoms with Gasteiger partial charge in [0.1, 0.15) is 0 Å². The number of rotatable bonds is 4. The Morgan fingerprint density at radius 3 is 3.11 bits per heavy atom. The van der Waals surface area contributed by atoms with E-state index in [1.54, 1.807) is 12.1 Å². The van der Waals surface area contributed by atoms with Crippen molar-refractivity contribution in [2.75, 3.05) is 18.9 Å². The molecule has 2 N–H and O–H groups in total. The van der Waals surface area contributed by atoms with Crippen molar-refractivity contribution in [3.8, 4) is 0 Å². The molecule has 1 unspecified atom stereocenters. The van der Waals surface area contributed by atoms with Gasteiger partial charge in [0.2, 0.25) is 0 Å². The molecule has 1 aromatic rings. The summed E-state index contributed by atoms with van der Waals surface area (Å²) in [6, 6.07) is 4.75. The molecule has 1 fully saturated rings. The third-order valence-corrected chi connectivity index (χ3v) is 3.17. The van der Waals surface area contributed by atoms with Crippen molar-refractivity contribution in [1.82, 2.24) is 0 Å². The molecule has 1 atom stereocenters. The molecule has 1 saturated heterocycles. The van der Waals surface area contributed by atoms with Gasteiger partial charge in [-0.3, -0.25) is 0 Å². The van der Waals surface area contributed by atoms with E-state index in [-0.39, 0.29) is 6.10 Å². The summed E-state index contributed by atoms with van der Waals surface area (Å²) in [5.74, 6) is -0.437. The van der Waals surface area contributed by atoms with Crippen LogP contribution in [-0.4, -0.2) is 25.3 Å². The van der Waals surface area contributed by atoms with Crippen molar-refractivity contribution in [3.05, 3.63) is 28.8 Å². The minimum Gasteiger partial charge on any atom is -0.462 e. The minimum atomic E-state index is -0.437. The second-order valence-electron chi connectivity index (χ2n) is 4.29. The third kappa shape index (κ3) is 3.37. The number of hydrogen-bond acceptors (Lipinski definition) is 4. The number of nitrogens with two attached hydrogens (primary N) is 1. The Labute approximate surface area is 111 Å². The van der Waals surface area contributed by atoms with E-state index < -0.39 is 5.97 Å². The number of carbonyl (C=O) groups is 1. The SMILES string of the molecule is Nc1ccc(Cl)cc1C(=O)OCCC1CCCO1. The smallest absolute Gasteiger partial charge is 0.340 e. The van der Waals surface area contributed by atoms with Crippen molar-refractivity contribution in [1.29, 1.82) is 0 Å². The maximum absolute atomic E-state index is 11.8. The fourth-order valence-corrected chi connectivity index (χ4v) is 2.11. The fraction of sp³-hybridized carbons (Fsp3) is 0.462. The molecular formula is C13H16ClNO3. The van der Waals surface area contributed by atoms with Gasteiger partial charge in [-0.1, -0.05) is 11.6 Å². The summed E-state index contributed by atoms with van der Waals surface area (Å²) < 4.78 is 10.6. The van der Waals surface area contributed by atoms with Gasteiger partial charge >= 0.3 is 5.97 Å². The predicted molar refractivity (Wildman–Crippen MR) is 69.7 cm³/mol. The number of nitrogen functional groups attached to an aromatic ring is 1. The molecule has 18 heavy (non-hydrogen) atoms. The average molecular weight is 270 g/mol. The summed E-state index contributed by atoms with van der Waals surface area (Å²) in [6.07, 6.45) is 3.07. The Morgan fingerprint density at radius 1 is 1.56 bits per heavy atom. The Kier molecular flexibility index (Phi) is 4.44.